The molecule has 0 radical (unpaired) electrons. The van der Waals surface area contributed by atoms with Crippen molar-refractivity contribution in [1.29, 1.82) is 0 Å². The third-order valence-electron chi connectivity index (χ3n) is 2.35. The minimum absolute atomic E-state index is 0.0186. The zero-order chi connectivity index (χ0) is 12.8. The van der Waals surface area contributed by atoms with E-state index in [9.17, 15) is 9.18 Å². The molecule has 0 aliphatic carbocycles. The minimum Gasteiger partial charge on any atom is -0.352 e. The van der Waals surface area contributed by atoms with Crippen LogP contribution in [0.5, 0.6) is 0 Å². The molecule has 0 heterocycles. The van der Waals surface area contributed by atoms with Crippen molar-refractivity contribution < 1.29 is 9.18 Å². The van der Waals surface area contributed by atoms with Crippen molar-refractivity contribution in [3.8, 4) is 0 Å². The summed E-state index contributed by atoms with van der Waals surface area (Å²) in [6, 6.07) is 4.02. The minimum atomic E-state index is -0.581. The maximum Gasteiger partial charge on any atom is 0.251 e. The van der Waals surface area contributed by atoms with E-state index in [0.717, 1.165) is 12.6 Å². The molecule has 1 aromatic carbocycles. The van der Waals surface area contributed by atoms with Crippen LogP contribution in [0.3, 0.4) is 0 Å². The highest BCUT2D eigenvalue weighted by atomic mass is 35.5. The van der Waals surface area contributed by atoms with Crippen LogP contribution in [0, 0.1) is 11.7 Å². The highest BCUT2D eigenvalue weighted by Gasteiger charge is 2.09. The van der Waals surface area contributed by atoms with Crippen molar-refractivity contribution in [2.45, 2.75) is 6.92 Å². The highest BCUT2D eigenvalue weighted by Crippen LogP contribution is 2.15. The summed E-state index contributed by atoms with van der Waals surface area (Å²) in [5.41, 5.74) is 0.281. The predicted molar refractivity (Wildman–Crippen MR) is 66.8 cm³/mol. The van der Waals surface area contributed by atoms with E-state index < -0.39 is 5.82 Å². The Balaban J connectivity index is 2.55. The number of hydrogen-bond acceptors (Lipinski definition) is 2. The zero-order valence-corrected chi connectivity index (χ0v) is 10.6. The van der Waals surface area contributed by atoms with E-state index in [2.05, 4.69) is 10.6 Å². The number of hydrogen-bond donors (Lipinski definition) is 2. The summed E-state index contributed by atoms with van der Waals surface area (Å²) in [5, 5.41) is 5.78. The molecular weight excluding hydrogens is 243 g/mol. The first-order valence-electron chi connectivity index (χ1n) is 5.42. The molecule has 0 spiro atoms. The van der Waals surface area contributed by atoms with Crippen molar-refractivity contribution in [3.05, 3.63) is 34.6 Å². The number of amides is 1. The standard InChI is InChI=1S/C12H16ClFN2O/c1-8(6-15-2)7-16-12(17)9-3-4-10(13)11(14)5-9/h3-5,8,15H,6-7H2,1-2H3,(H,16,17). The van der Waals surface area contributed by atoms with Crippen LogP contribution in [0.1, 0.15) is 17.3 Å². The summed E-state index contributed by atoms with van der Waals surface area (Å²) in [4.78, 5) is 11.7. The van der Waals surface area contributed by atoms with E-state index in [1.165, 1.54) is 12.1 Å². The van der Waals surface area contributed by atoms with Crippen LogP contribution < -0.4 is 10.6 Å². The molecule has 2 N–H and O–H groups in total. The van der Waals surface area contributed by atoms with Gasteiger partial charge in [-0.2, -0.15) is 0 Å². The molecule has 0 aliphatic heterocycles. The fourth-order valence-corrected chi connectivity index (χ4v) is 1.54. The first-order valence-corrected chi connectivity index (χ1v) is 5.80. The lowest BCUT2D eigenvalue weighted by Crippen LogP contribution is -2.32. The summed E-state index contributed by atoms with van der Waals surface area (Å²) < 4.78 is 13.1. The van der Waals surface area contributed by atoms with E-state index >= 15 is 0 Å². The number of nitrogens with one attached hydrogen (secondary N) is 2. The van der Waals surface area contributed by atoms with Crippen LogP contribution in [-0.4, -0.2) is 26.0 Å². The Morgan fingerprint density at radius 1 is 1.47 bits per heavy atom. The van der Waals surface area contributed by atoms with Crippen molar-refractivity contribution >= 4 is 17.5 Å². The smallest absolute Gasteiger partial charge is 0.251 e. The summed E-state index contributed by atoms with van der Waals surface area (Å²) in [5.74, 6) is -0.549. The van der Waals surface area contributed by atoms with Gasteiger partial charge in [-0.1, -0.05) is 18.5 Å². The van der Waals surface area contributed by atoms with Gasteiger partial charge in [0.25, 0.3) is 5.91 Å². The molecule has 17 heavy (non-hydrogen) atoms. The van der Waals surface area contributed by atoms with Gasteiger partial charge >= 0.3 is 0 Å². The number of benzene rings is 1. The van der Waals surface area contributed by atoms with Gasteiger partial charge < -0.3 is 10.6 Å². The van der Waals surface area contributed by atoms with Gasteiger partial charge in [-0.15, -0.1) is 0 Å². The maximum absolute atomic E-state index is 13.1. The zero-order valence-electron chi connectivity index (χ0n) is 9.89. The van der Waals surface area contributed by atoms with E-state index in [1.54, 1.807) is 0 Å². The Morgan fingerprint density at radius 3 is 2.76 bits per heavy atom. The summed E-state index contributed by atoms with van der Waals surface area (Å²) in [6.45, 7) is 3.37. The van der Waals surface area contributed by atoms with Gasteiger partial charge in [0.05, 0.1) is 5.02 Å². The molecule has 1 aromatic rings. The molecule has 0 saturated heterocycles. The van der Waals surface area contributed by atoms with E-state index in [0.29, 0.717) is 12.5 Å². The van der Waals surface area contributed by atoms with E-state index in [1.807, 2.05) is 14.0 Å². The van der Waals surface area contributed by atoms with Gasteiger partial charge in [-0.25, -0.2) is 4.39 Å². The first kappa shape index (κ1) is 13.9. The highest BCUT2D eigenvalue weighted by molar-refractivity contribution is 6.30. The van der Waals surface area contributed by atoms with Gasteiger partial charge in [-0.3, -0.25) is 4.79 Å². The summed E-state index contributed by atoms with van der Waals surface area (Å²) in [7, 11) is 1.85. The Labute approximate surface area is 105 Å². The van der Waals surface area contributed by atoms with Gasteiger partial charge in [0.1, 0.15) is 5.82 Å². The normalized spacial score (nSPS) is 12.2. The fraction of sp³-hybridized carbons (Fsp3) is 0.417. The molecule has 1 atom stereocenters. The summed E-state index contributed by atoms with van der Waals surface area (Å²) in [6.07, 6.45) is 0. The molecule has 1 rings (SSSR count). The van der Waals surface area contributed by atoms with Crippen LogP contribution >= 0.6 is 11.6 Å². The third-order valence-corrected chi connectivity index (χ3v) is 2.65. The van der Waals surface area contributed by atoms with Crippen molar-refractivity contribution in [2.24, 2.45) is 5.92 Å². The topological polar surface area (TPSA) is 41.1 Å². The Bertz CT molecular complexity index is 398. The molecule has 3 nitrogen and oxygen atoms in total. The third kappa shape index (κ3) is 4.32. The second-order valence-corrected chi connectivity index (χ2v) is 4.41. The van der Waals surface area contributed by atoms with Gasteiger partial charge in [0.15, 0.2) is 0 Å². The summed E-state index contributed by atoms with van der Waals surface area (Å²) >= 11 is 5.54. The van der Waals surface area contributed by atoms with Crippen LogP contribution in [0.15, 0.2) is 18.2 Å². The van der Waals surface area contributed by atoms with Crippen LogP contribution in [0.25, 0.3) is 0 Å². The Kier molecular flexibility index (Phi) is 5.38. The first-order chi connectivity index (χ1) is 8.04. The lowest BCUT2D eigenvalue weighted by molar-refractivity contribution is 0.0947. The quantitative estimate of drug-likeness (QED) is 0.849. The van der Waals surface area contributed by atoms with Gasteiger partial charge in [0, 0.05) is 12.1 Å². The molecule has 0 aromatic heterocycles. The SMILES string of the molecule is CNCC(C)CNC(=O)c1ccc(Cl)c(F)c1. The largest absolute Gasteiger partial charge is 0.352 e. The molecule has 0 fully saturated rings. The number of carbonyl (C=O) groups excluding carboxylic acids is 1. The molecule has 0 saturated carbocycles. The molecule has 1 amide bonds. The molecule has 5 heteroatoms. The second-order valence-electron chi connectivity index (χ2n) is 4.00. The van der Waals surface area contributed by atoms with Crippen LogP contribution in [0.2, 0.25) is 5.02 Å². The number of halogens is 2. The van der Waals surface area contributed by atoms with Crippen LogP contribution in [-0.2, 0) is 0 Å². The maximum atomic E-state index is 13.1. The van der Waals surface area contributed by atoms with Crippen molar-refractivity contribution in [2.75, 3.05) is 20.1 Å². The monoisotopic (exact) mass is 258 g/mol. The molecule has 0 aliphatic rings. The van der Waals surface area contributed by atoms with Crippen LogP contribution in [0.4, 0.5) is 4.39 Å². The molecule has 1 unspecified atom stereocenters. The lowest BCUT2D eigenvalue weighted by Gasteiger charge is -2.12. The average molecular weight is 259 g/mol. The number of carbonyl (C=O) groups is 1. The van der Waals surface area contributed by atoms with E-state index in [4.69, 9.17) is 11.6 Å². The molecular formula is C12H16ClFN2O. The second kappa shape index (κ2) is 6.57. The predicted octanol–water partition coefficient (Wildman–Crippen LogP) is 2.06. The Hall–Kier alpha value is -1.13. The fourth-order valence-electron chi connectivity index (χ4n) is 1.43. The average Bonchev–Trinajstić information content (AvgIpc) is 2.30. The van der Waals surface area contributed by atoms with Crippen molar-refractivity contribution in [1.82, 2.24) is 10.6 Å². The molecule has 94 valence electrons. The Morgan fingerprint density at radius 2 is 2.18 bits per heavy atom. The van der Waals surface area contributed by atoms with Crippen molar-refractivity contribution in [3.63, 3.8) is 0 Å². The van der Waals surface area contributed by atoms with Gasteiger partial charge in [0.2, 0.25) is 0 Å². The lowest BCUT2D eigenvalue weighted by atomic mass is 10.1. The molecule has 0 bridgehead atoms. The van der Waals surface area contributed by atoms with E-state index in [-0.39, 0.29) is 16.5 Å². The number of rotatable bonds is 5. The van der Waals surface area contributed by atoms with Gasteiger partial charge in [-0.05, 0) is 37.7 Å².